The standard InChI is InChI=1S/C10H20O6/c1-3-15-10(11)16-9-8-14-7-6-13-5-4-12-2/h3-9H2,1-2H3. The van der Waals surface area contributed by atoms with E-state index in [0.717, 1.165) is 0 Å². The first-order chi connectivity index (χ1) is 7.81. The molecule has 0 N–H and O–H groups in total. The van der Waals surface area contributed by atoms with E-state index in [1.807, 2.05) is 0 Å². The van der Waals surface area contributed by atoms with Gasteiger partial charge in [0.15, 0.2) is 0 Å². The molecular weight excluding hydrogens is 216 g/mol. The van der Waals surface area contributed by atoms with Crippen molar-refractivity contribution in [3.8, 4) is 0 Å². The second-order valence-corrected chi connectivity index (χ2v) is 2.75. The van der Waals surface area contributed by atoms with Crippen LogP contribution < -0.4 is 0 Å². The fraction of sp³-hybridized carbons (Fsp3) is 0.900. The van der Waals surface area contributed by atoms with Crippen LogP contribution in [0.5, 0.6) is 0 Å². The highest BCUT2D eigenvalue weighted by molar-refractivity contribution is 5.59. The Morgan fingerprint density at radius 2 is 1.44 bits per heavy atom. The molecule has 0 rings (SSSR count). The molecule has 0 saturated carbocycles. The summed E-state index contributed by atoms with van der Waals surface area (Å²) in [5.41, 5.74) is 0. The van der Waals surface area contributed by atoms with Gasteiger partial charge in [0, 0.05) is 7.11 Å². The Bertz CT molecular complexity index is 161. The molecule has 0 heterocycles. The number of hydrogen-bond acceptors (Lipinski definition) is 6. The van der Waals surface area contributed by atoms with Gasteiger partial charge in [-0.2, -0.15) is 0 Å². The third-order valence-electron chi connectivity index (χ3n) is 1.51. The van der Waals surface area contributed by atoms with Crippen LogP contribution in [0.3, 0.4) is 0 Å². The maximum Gasteiger partial charge on any atom is 0.508 e. The Balaban J connectivity index is 3.01. The number of carbonyl (C=O) groups is 1. The van der Waals surface area contributed by atoms with Gasteiger partial charge in [-0.05, 0) is 6.92 Å². The monoisotopic (exact) mass is 236 g/mol. The average Bonchev–Trinajstić information content (AvgIpc) is 2.27. The molecule has 0 saturated heterocycles. The fourth-order valence-corrected chi connectivity index (χ4v) is 0.808. The van der Waals surface area contributed by atoms with E-state index in [4.69, 9.17) is 14.2 Å². The van der Waals surface area contributed by atoms with E-state index >= 15 is 0 Å². The molecule has 0 unspecified atom stereocenters. The van der Waals surface area contributed by atoms with Crippen molar-refractivity contribution in [2.24, 2.45) is 0 Å². The molecule has 0 aromatic rings. The van der Waals surface area contributed by atoms with E-state index in [-0.39, 0.29) is 6.61 Å². The van der Waals surface area contributed by atoms with Gasteiger partial charge in [0.25, 0.3) is 0 Å². The predicted molar refractivity (Wildman–Crippen MR) is 56.5 cm³/mol. The van der Waals surface area contributed by atoms with Crippen LogP contribution in [0, 0.1) is 0 Å². The van der Waals surface area contributed by atoms with Gasteiger partial charge in [0.2, 0.25) is 0 Å². The predicted octanol–water partition coefficient (Wildman–Crippen LogP) is 0.839. The summed E-state index contributed by atoms with van der Waals surface area (Å²) in [6, 6.07) is 0. The minimum atomic E-state index is -0.664. The van der Waals surface area contributed by atoms with Crippen molar-refractivity contribution in [3.05, 3.63) is 0 Å². The molecule has 0 aromatic heterocycles. The summed E-state index contributed by atoms with van der Waals surface area (Å²) in [5.74, 6) is 0. The molecule has 0 aliphatic rings. The molecule has 0 aromatic carbocycles. The summed E-state index contributed by atoms with van der Waals surface area (Å²) in [7, 11) is 1.62. The number of ether oxygens (including phenoxy) is 5. The number of rotatable bonds is 10. The zero-order chi connectivity index (χ0) is 12.1. The highest BCUT2D eigenvalue weighted by Gasteiger charge is 2.00. The maximum absolute atomic E-state index is 10.7. The van der Waals surface area contributed by atoms with E-state index < -0.39 is 6.16 Å². The van der Waals surface area contributed by atoms with Gasteiger partial charge in [-0.15, -0.1) is 0 Å². The van der Waals surface area contributed by atoms with Crippen LogP contribution in [-0.2, 0) is 23.7 Å². The first kappa shape index (κ1) is 15.2. The molecule has 0 aliphatic carbocycles. The number of methoxy groups -OCH3 is 1. The Hall–Kier alpha value is -0.850. The van der Waals surface area contributed by atoms with Crippen LogP contribution in [0.4, 0.5) is 4.79 Å². The molecule has 6 nitrogen and oxygen atoms in total. The van der Waals surface area contributed by atoms with Gasteiger partial charge in [-0.3, -0.25) is 0 Å². The molecule has 0 aliphatic heterocycles. The van der Waals surface area contributed by atoms with Crippen molar-refractivity contribution in [2.75, 3.05) is 53.4 Å². The van der Waals surface area contributed by atoms with E-state index in [1.165, 1.54) is 0 Å². The maximum atomic E-state index is 10.7. The summed E-state index contributed by atoms with van der Waals surface area (Å²) >= 11 is 0. The molecular formula is C10H20O6. The molecule has 16 heavy (non-hydrogen) atoms. The van der Waals surface area contributed by atoms with Gasteiger partial charge >= 0.3 is 6.16 Å². The lowest BCUT2D eigenvalue weighted by atomic mass is 10.7. The van der Waals surface area contributed by atoms with Crippen molar-refractivity contribution in [3.63, 3.8) is 0 Å². The average molecular weight is 236 g/mol. The van der Waals surface area contributed by atoms with Crippen molar-refractivity contribution < 1.29 is 28.5 Å². The van der Waals surface area contributed by atoms with Crippen molar-refractivity contribution in [1.82, 2.24) is 0 Å². The number of hydrogen-bond donors (Lipinski definition) is 0. The van der Waals surface area contributed by atoms with Crippen LogP contribution in [0.25, 0.3) is 0 Å². The lowest BCUT2D eigenvalue weighted by Crippen LogP contribution is -2.14. The summed E-state index contributed by atoms with van der Waals surface area (Å²) in [6.45, 7) is 4.66. The summed E-state index contributed by atoms with van der Waals surface area (Å²) in [4.78, 5) is 10.7. The summed E-state index contributed by atoms with van der Waals surface area (Å²) < 4.78 is 24.3. The van der Waals surface area contributed by atoms with Crippen molar-refractivity contribution in [1.29, 1.82) is 0 Å². The molecule has 0 atom stereocenters. The van der Waals surface area contributed by atoms with Crippen molar-refractivity contribution in [2.45, 2.75) is 6.92 Å². The highest BCUT2D eigenvalue weighted by Crippen LogP contribution is 1.86. The van der Waals surface area contributed by atoms with Gasteiger partial charge < -0.3 is 23.7 Å². The van der Waals surface area contributed by atoms with Crippen LogP contribution >= 0.6 is 0 Å². The van der Waals surface area contributed by atoms with Crippen LogP contribution in [0.1, 0.15) is 6.92 Å². The zero-order valence-corrected chi connectivity index (χ0v) is 9.90. The molecule has 0 radical (unpaired) electrons. The van der Waals surface area contributed by atoms with E-state index in [0.29, 0.717) is 39.6 Å². The molecule has 0 spiro atoms. The quantitative estimate of drug-likeness (QED) is 0.413. The smallest absolute Gasteiger partial charge is 0.435 e. The Kier molecular flexibility index (Phi) is 11.6. The Morgan fingerprint density at radius 1 is 0.875 bits per heavy atom. The topological polar surface area (TPSA) is 63.2 Å². The second-order valence-electron chi connectivity index (χ2n) is 2.75. The molecule has 0 fully saturated rings. The summed E-state index contributed by atoms with van der Waals surface area (Å²) in [5, 5.41) is 0. The molecule has 0 bridgehead atoms. The zero-order valence-electron chi connectivity index (χ0n) is 9.90. The lowest BCUT2D eigenvalue weighted by molar-refractivity contribution is 0.00202. The third kappa shape index (κ3) is 11.2. The van der Waals surface area contributed by atoms with Gasteiger partial charge in [-0.1, -0.05) is 0 Å². The van der Waals surface area contributed by atoms with Gasteiger partial charge in [0.1, 0.15) is 6.61 Å². The Morgan fingerprint density at radius 3 is 2.00 bits per heavy atom. The van der Waals surface area contributed by atoms with E-state index in [9.17, 15) is 4.79 Å². The highest BCUT2D eigenvalue weighted by atomic mass is 16.7. The first-order valence-electron chi connectivity index (χ1n) is 5.25. The minimum absolute atomic E-state index is 0.191. The van der Waals surface area contributed by atoms with E-state index in [2.05, 4.69) is 9.47 Å². The Labute approximate surface area is 95.8 Å². The number of carbonyl (C=O) groups excluding carboxylic acids is 1. The largest absolute Gasteiger partial charge is 0.508 e. The lowest BCUT2D eigenvalue weighted by Gasteiger charge is -2.06. The van der Waals surface area contributed by atoms with Crippen LogP contribution in [-0.4, -0.2) is 59.5 Å². The second kappa shape index (κ2) is 12.2. The SMILES string of the molecule is CCOC(=O)OCCOCCOCCOC. The molecule has 0 amide bonds. The minimum Gasteiger partial charge on any atom is -0.435 e. The van der Waals surface area contributed by atoms with Crippen LogP contribution in [0.2, 0.25) is 0 Å². The molecule has 6 heteroatoms. The first-order valence-corrected chi connectivity index (χ1v) is 5.25. The van der Waals surface area contributed by atoms with Crippen LogP contribution in [0.15, 0.2) is 0 Å². The van der Waals surface area contributed by atoms with E-state index in [1.54, 1.807) is 14.0 Å². The third-order valence-corrected chi connectivity index (χ3v) is 1.51. The summed E-state index contributed by atoms with van der Waals surface area (Å²) in [6.07, 6.45) is -0.664. The van der Waals surface area contributed by atoms with Crippen molar-refractivity contribution >= 4 is 6.16 Å². The normalized spacial score (nSPS) is 10.1. The molecule has 96 valence electrons. The fourth-order valence-electron chi connectivity index (χ4n) is 0.808. The van der Waals surface area contributed by atoms with Gasteiger partial charge in [0.05, 0.1) is 39.6 Å². The van der Waals surface area contributed by atoms with Gasteiger partial charge in [-0.25, -0.2) is 4.79 Å².